The molecule has 0 aromatic heterocycles. The third kappa shape index (κ3) is 1.96. The molecule has 0 aromatic carbocycles. The molecule has 2 heteroatoms. The molecular weight excluding hydrogens is 172 g/mol. The first-order valence-electron chi connectivity index (χ1n) is 6.39. The third-order valence-corrected chi connectivity index (χ3v) is 4.28. The van der Waals surface area contributed by atoms with Crippen LogP contribution < -0.4 is 10.6 Å². The Hall–Kier alpha value is -0.0800. The number of hydrogen-bond donors (Lipinski definition) is 2. The molecule has 3 rings (SSSR count). The van der Waals surface area contributed by atoms with Gasteiger partial charge in [-0.05, 0) is 50.0 Å². The summed E-state index contributed by atoms with van der Waals surface area (Å²) in [6, 6.07) is 0.872. The summed E-state index contributed by atoms with van der Waals surface area (Å²) in [6.45, 7) is 3.64. The first-order valence-corrected chi connectivity index (χ1v) is 6.39. The highest BCUT2D eigenvalue weighted by Crippen LogP contribution is 2.56. The fraction of sp³-hybridized carbons (Fsp3) is 1.00. The van der Waals surface area contributed by atoms with Crippen molar-refractivity contribution in [3.63, 3.8) is 0 Å². The van der Waals surface area contributed by atoms with Crippen LogP contribution in [0.4, 0.5) is 0 Å². The maximum Gasteiger partial charge on any atom is 0.00793 e. The van der Waals surface area contributed by atoms with Gasteiger partial charge in [0.1, 0.15) is 0 Å². The number of rotatable bonds is 6. The van der Waals surface area contributed by atoms with E-state index in [-0.39, 0.29) is 0 Å². The van der Waals surface area contributed by atoms with Crippen LogP contribution in [0.25, 0.3) is 0 Å². The molecule has 3 saturated carbocycles. The minimum atomic E-state index is 0.872. The van der Waals surface area contributed by atoms with Gasteiger partial charge in [0.15, 0.2) is 0 Å². The van der Waals surface area contributed by atoms with Gasteiger partial charge in [-0.15, -0.1) is 0 Å². The van der Waals surface area contributed by atoms with E-state index < -0.39 is 0 Å². The van der Waals surface area contributed by atoms with Gasteiger partial charge in [0.25, 0.3) is 0 Å². The lowest BCUT2D eigenvalue weighted by Crippen LogP contribution is -2.30. The second-order valence-corrected chi connectivity index (χ2v) is 5.35. The summed E-state index contributed by atoms with van der Waals surface area (Å²) >= 11 is 0. The third-order valence-electron chi connectivity index (χ3n) is 4.28. The Labute approximate surface area is 86.8 Å². The molecule has 2 atom stereocenters. The summed E-state index contributed by atoms with van der Waals surface area (Å²) in [5.41, 5.74) is 0. The quantitative estimate of drug-likeness (QED) is 0.624. The Morgan fingerprint density at radius 3 is 2.43 bits per heavy atom. The maximum absolute atomic E-state index is 3.60. The second kappa shape index (κ2) is 3.82. The van der Waals surface area contributed by atoms with Gasteiger partial charge in [0.05, 0.1) is 0 Å². The van der Waals surface area contributed by atoms with Crippen LogP contribution in [0.3, 0.4) is 0 Å². The average Bonchev–Trinajstić information content (AvgIpc) is 3.08. The molecule has 0 heterocycles. The first kappa shape index (κ1) is 9.17. The molecule has 3 aliphatic rings. The summed E-state index contributed by atoms with van der Waals surface area (Å²) < 4.78 is 0. The molecule has 80 valence electrons. The van der Waals surface area contributed by atoms with Crippen molar-refractivity contribution in [1.82, 2.24) is 10.6 Å². The second-order valence-electron chi connectivity index (χ2n) is 5.35. The van der Waals surface area contributed by atoms with Gasteiger partial charge < -0.3 is 10.6 Å². The van der Waals surface area contributed by atoms with Crippen LogP contribution in [-0.4, -0.2) is 25.7 Å². The van der Waals surface area contributed by atoms with Crippen molar-refractivity contribution < 1.29 is 0 Å². The Bertz CT molecular complexity index is 190. The SMILES string of the molecule is C1CC2C(C1)C2CNCCNC1CC1. The minimum Gasteiger partial charge on any atom is -0.315 e. The van der Waals surface area contributed by atoms with E-state index in [9.17, 15) is 0 Å². The molecule has 14 heavy (non-hydrogen) atoms. The fourth-order valence-electron chi connectivity index (χ4n) is 3.19. The molecule has 0 aliphatic heterocycles. The molecule has 0 amide bonds. The zero-order chi connectivity index (χ0) is 9.38. The van der Waals surface area contributed by atoms with E-state index in [1.165, 1.54) is 51.7 Å². The molecule has 0 aromatic rings. The van der Waals surface area contributed by atoms with Gasteiger partial charge in [-0.25, -0.2) is 0 Å². The van der Waals surface area contributed by atoms with Crippen LogP contribution in [0.2, 0.25) is 0 Å². The zero-order valence-electron chi connectivity index (χ0n) is 8.97. The van der Waals surface area contributed by atoms with Gasteiger partial charge >= 0.3 is 0 Å². The molecule has 2 unspecified atom stereocenters. The van der Waals surface area contributed by atoms with Gasteiger partial charge in [0, 0.05) is 19.1 Å². The molecule has 3 fully saturated rings. The highest BCUT2D eigenvalue weighted by molar-refractivity contribution is 5.01. The van der Waals surface area contributed by atoms with Crippen molar-refractivity contribution in [1.29, 1.82) is 0 Å². The lowest BCUT2D eigenvalue weighted by atomic mass is 10.1. The van der Waals surface area contributed by atoms with E-state index in [2.05, 4.69) is 10.6 Å². The maximum atomic E-state index is 3.60. The Kier molecular flexibility index (Phi) is 2.50. The highest BCUT2D eigenvalue weighted by Gasteiger charge is 2.51. The molecule has 0 bridgehead atoms. The smallest absolute Gasteiger partial charge is 0.00793 e. The zero-order valence-corrected chi connectivity index (χ0v) is 8.97. The van der Waals surface area contributed by atoms with E-state index in [0.29, 0.717) is 0 Å². The van der Waals surface area contributed by atoms with Crippen molar-refractivity contribution >= 4 is 0 Å². The predicted molar refractivity (Wildman–Crippen MR) is 58.2 cm³/mol. The van der Waals surface area contributed by atoms with Crippen molar-refractivity contribution in [2.45, 2.75) is 38.1 Å². The lowest BCUT2D eigenvalue weighted by Gasteiger charge is -2.06. The average molecular weight is 194 g/mol. The molecule has 0 saturated heterocycles. The summed E-state index contributed by atoms with van der Waals surface area (Å²) in [5.74, 6) is 3.31. The Morgan fingerprint density at radius 1 is 0.929 bits per heavy atom. The highest BCUT2D eigenvalue weighted by atomic mass is 15.0. The topological polar surface area (TPSA) is 24.1 Å². The van der Waals surface area contributed by atoms with Gasteiger partial charge in [0.2, 0.25) is 0 Å². The van der Waals surface area contributed by atoms with Crippen molar-refractivity contribution in [2.24, 2.45) is 17.8 Å². The molecule has 2 nitrogen and oxygen atoms in total. The molecule has 0 spiro atoms. The summed E-state index contributed by atoms with van der Waals surface area (Å²) in [5, 5.41) is 7.14. The van der Waals surface area contributed by atoms with Gasteiger partial charge in [-0.1, -0.05) is 6.42 Å². The van der Waals surface area contributed by atoms with Crippen LogP contribution in [-0.2, 0) is 0 Å². The van der Waals surface area contributed by atoms with Crippen molar-refractivity contribution in [2.75, 3.05) is 19.6 Å². The molecule has 2 N–H and O–H groups in total. The van der Waals surface area contributed by atoms with Crippen LogP contribution in [0.15, 0.2) is 0 Å². The standard InChI is InChI=1S/C12H22N2/c1-2-10-11(3-1)12(10)8-13-6-7-14-9-4-5-9/h9-14H,1-8H2. The van der Waals surface area contributed by atoms with Crippen LogP contribution in [0.1, 0.15) is 32.1 Å². The monoisotopic (exact) mass is 194 g/mol. The Balaban J connectivity index is 1.21. The lowest BCUT2D eigenvalue weighted by molar-refractivity contribution is 0.522. The number of hydrogen-bond acceptors (Lipinski definition) is 2. The minimum absolute atomic E-state index is 0.872. The van der Waals surface area contributed by atoms with E-state index in [0.717, 1.165) is 23.8 Å². The number of nitrogens with one attached hydrogen (secondary N) is 2. The molecule has 3 aliphatic carbocycles. The van der Waals surface area contributed by atoms with E-state index >= 15 is 0 Å². The molecule has 0 radical (unpaired) electrons. The van der Waals surface area contributed by atoms with E-state index in [1.54, 1.807) is 0 Å². The van der Waals surface area contributed by atoms with Crippen LogP contribution >= 0.6 is 0 Å². The normalized spacial score (nSPS) is 39.9. The van der Waals surface area contributed by atoms with Crippen molar-refractivity contribution in [3.8, 4) is 0 Å². The van der Waals surface area contributed by atoms with E-state index in [1.807, 2.05) is 0 Å². The Morgan fingerprint density at radius 2 is 1.71 bits per heavy atom. The number of fused-ring (bicyclic) bond motifs is 1. The molecular formula is C12H22N2. The van der Waals surface area contributed by atoms with Crippen molar-refractivity contribution in [3.05, 3.63) is 0 Å². The summed E-state index contributed by atoms with van der Waals surface area (Å²) in [4.78, 5) is 0. The summed E-state index contributed by atoms with van der Waals surface area (Å²) in [7, 11) is 0. The first-order chi connectivity index (χ1) is 6.95. The summed E-state index contributed by atoms with van der Waals surface area (Å²) in [6.07, 6.45) is 7.38. The predicted octanol–water partition coefficient (Wildman–Crippen LogP) is 1.37. The van der Waals surface area contributed by atoms with Gasteiger partial charge in [-0.3, -0.25) is 0 Å². The fourth-order valence-corrected chi connectivity index (χ4v) is 3.19. The van der Waals surface area contributed by atoms with Crippen LogP contribution in [0.5, 0.6) is 0 Å². The van der Waals surface area contributed by atoms with Gasteiger partial charge in [-0.2, -0.15) is 0 Å². The largest absolute Gasteiger partial charge is 0.315 e. The van der Waals surface area contributed by atoms with Crippen LogP contribution in [0, 0.1) is 17.8 Å². The van der Waals surface area contributed by atoms with E-state index in [4.69, 9.17) is 0 Å².